The Morgan fingerprint density at radius 2 is 0.920 bits per heavy atom. The number of hydrogen-bond acceptors (Lipinski definition) is 10. The zero-order chi connectivity index (χ0) is 35.9. The first kappa shape index (κ1) is 38.5. The van der Waals surface area contributed by atoms with Crippen molar-refractivity contribution >= 4 is 35.4 Å². The van der Waals surface area contributed by atoms with Crippen molar-refractivity contribution in [1.82, 2.24) is 0 Å². The topological polar surface area (TPSA) is 139 Å². The van der Waals surface area contributed by atoms with Gasteiger partial charge in [0.05, 0.1) is 11.8 Å². The lowest BCUT2D eigenvalue weighted by atomic mass is 9.86. The monoisotopic (exact) mass is 690 g/mol. The van der Waals surface area contributed by atoms with Gasteiger partial charge < -0.3 is 9.47 Å². The van der Waals surface area contributed by atoms with Crippen LogP contribution in [0.3, 0.4) is 0 Å². The Morgan fingerprint density at radius 3 is 1.26 bits per heavy atom. The molecule has 2 aliphatic carbocycles. The van der Waals surface area contributed by atoms with Gasteiger partial charge in [-0.05, 0) is 74.9 Å². The summed E-state index contributed by atoms with van der Waals surface area (Å²) >= 11 is 0. The van der Waals surface area contributed by atoms with Gasteiger partial charge in [0.2, 0.25) is 0 Å². The predicted octanol–water partition coefficient (Wildman–Crippen LogP) is 9.11. The molecule has 10 nitrogen and oxygen atoms in total. The van der Waals surface area contributed by atoms with E-state index in [1.165, 1.54) is 36.4 Å². The number of ether oxygens (including phenoxy) is 2. The van der Waals surface area contributed by atoms with Gasteiger partial charge in [0.1, 0.15) is 22.6 Å². The molecule has 2 aromatic carbocycles. The molecule has 4 rings (SSSR count). The van der Waals surface area contributed by atoms with Crippen LogP contribution in [0.4, 0.5) is 0 Å². The Bertz CT molecular complexity index is 1400. The van der Waals surface area contributed by atoms with Gasteiger partial charge in [-0.2, -0.15) is 0 Å². The fourth-order valence-electron chi connectivity index (χ4n) is 5.81. The number of benzene rings is 2. The van der Waals surface area contributed by atoms with E-state index in [1.54, 1.807) is 0 Å². The van der Waals surface area contributed by atoms with E-state index in [0.717, 1.165) is 64.2 Å². The van der Waals surface area contributed by atoms with Gasteiger partial charge in [0, 0.05) is 24.0 Å². The highest BCUT2D eigenvalue weighted by molar-refractivity contribution is 6.02. The third kappa shape index (κ3) is 11.1. The molecule has 0 radical (unpaired) electrons. The molecule has 50 heavy (non-hydrogen) atoms. The highest BCUT2D eigenvalue weighted by atomic mass is 17.2. The summed E-state index contributed by atoms with van der Waals surface area (Å²) in [5.41, 5.74) is -0.0569. The van der Waals surface area contributed by atoms with Crippen LogP contribution in [0.2, 0.25) is 0 Å². The second-order valence-electron chi connectivity index (χ2n) is 13.4. The molecular weight excluding hydrogens is 640 g/mol. The maximum Gasteiger partial charge on any atom is 0.390 e. The molecule has 0 spiro atoms. The van der Waals surface area contributed by atoms with E-state index < -0.39 is 23.9 Å². The maximum absolute atomic E-state index is 13.4. The summed E-state index contributed by atoms with van der Waals surface area (Å²) < 4.78 is 11.1. The van der Waals surface area contributed by atoms with E-state index in [9.17, 15) is 28.8 Å². The molecule has 0 aliphatic heterocycles. The normalized spacial score (nSPS) is 14.2. The second kappa shape index (κ2) is 19.7. The second-order valence-corrected chi connectivity index (χ2v) is 13.4. The smallest absolute Gasteiger partial charge is 0.390 e. The largest absolute Gasteiger partial charge is 0.425 e. The Balaban J connectivity index is 1.50. The van der Waals surface area contributed by atoms with Crippen molar-refractivity contribution in [3.05, 3.63) is 58.7 Å². The standard InChI is InChI=1S/C40H50O10/c1-3-5-7-9-11-19-33(41)29-21-23-35(47-37(43)27-15-13-16-27)31(25-29)39(45)49-50-40(46)32-26-30(34(42)20-12-10-8-6-4-2)22-24-36(32)48-38(44)28-17-14-18-28/h21-28H,3-20H2,1-2H3. The number of unbranched alkanes of at least 4 members (excludes halogenated alkanes) is 8. The predicted molar refractivity (Wildman–Crippen MR) is 185 cm³/mol. The van der Waals surface area contributed by atoms with Crippen LogP contribution < -0.4 is 9.47 Å². The van der Waals surface area contributed by atoms with E-state index in [1.807, 2.05) is 0 Å². The summed E-state index contributed by atoms with van der Waals surface area (Å²) in [6.07, 6.45) is 14.7. The first-order chi connectivity index (χ1) is 24.2. The van der Waals surface area contributed by atoms with Crippen LogP contribution in [0.1, 0.15) is 171 Å². The average Bonchev–Trinajstić information content (AvgIpc) is 3.05. The number of Topliss-reactive ketones (excluding diaryl/α,β-unsaturated/α-hetero) is 2. The van der Waals surface area contributed by atoms with Crippen molar-refractivity contribution in [2.75, 3.05) is 0 Å². The number of ketones is 2. The van der Waals surface area contributed by atoms with Crippen molar-refractivity contribution < 1.29 is 48.0 Å². The van der Waals surface area contributed by atoms with Gasteiger partial charge in [-0.1, -0.05) is 78.1 Å². The maximum atomic E-state index is 13.4. The van der Waals surface area contributed by atoms with E-state index in [0.29, 0.717) is 38.5 Å². The summed E-state index contributed by atoms with van der Waals surface area (Å²) in [6.45, 7) is 4.23. The quantitative estimate of drug-likeness (QED) is 0.0330. The first-order valence-electron chi connectivity index (χ1n) is 18.4. The molecule has 270 valence electrons. The zero-order valence-electron chi connectivity index (χ0n) is 29.4. The van der Waals surface area contributed by atoms with Crippen LogP contribution in [-0.2, 0) is 19.4 Å². The lowest BCUT2D eigenvalue weighted by molar-refractivity contribution is -0.187. The Morgan fingerprint density at radius 1 is 0.540 bits per heavy atom. The molecule has 0 N–H and O–H groups in total. The number of esters is 2. The summed E-state index contributed by atoms with van der Waals surface area (Å²) in [5.74, 6) is -4.51. The summed E-state index contributed by atoms with van der Waals surface area (Å²) in [6, 6.07) is 8.29. The molecule has 0 atom stereocenters. The molecule has 0 unspecified atom stereocenters. The Labute approximate surface area is 294 Å². The van der Waals surface area contributed by atoms with Gasteiger partial charge in [-0.3, -0.25) is 19.2 Å². The fraction of sp³-hybridized carbons (Fsp3) is 0.550. The van der Waals surface area contributed by atoms with Crippen molar-refractivity contribution in [3.8, 4) is 11.5 Å². The van der Waals surface area contributed by atoms with Crippen molar-refractivity contribution in [2.24, 2.45) is 11.8 Å². The fourth-order valence-corrected chi connectivity index (χ4v) is 5.81. The zero-order valence-corrected chi connectivity index (χ0v) is 29.4. The Hall–Kier alpha value is -4.34. The van der Waals surface area contributed by atoms with Gasteiger partial charge in [-0.25, -0.2) is 19.4 Å². The number of rotatable bonds is 20. The van der Waals surface area contributed by atoms with E-state index in [4.69, 9.17) is 19.2 Å². The molecule has 0 amide bonds. The van der Waals surface area contributed by atoms with Crippen LogP contribution in [-0.4, -0.2) is 35.4 Å². The summed E-state index contributed by atoms with van der Waals surface area (Å²) in [4.78, 5) is 88.0. The number of carbonyl (C=O) groups is 6. The lowest BCUT2D eigenvalue weighted by Crippen LogP contribution is -2.27. The minimum Gasteiger partial charge on any atom is -0.425 e. The molecule has 0 bridgehead atoms. The van der Waals surface area contributed by atoms with Crippen LogP contribution >= 0.6 is 0 Å². The summed E-state index contributed by atoms with van der Waals surface area (Å²) in [7, 11) is 0. The third-order valence-corrected chi connectivity index (χ3v) is 9.55. The molecule has 2 saturated carbocycles. The van der Waals surface area contributed by atoms with E-state index >= 15 is 0 Å². The minimum absolute atomic E-state index is 0.121. The third-order valence-electron chi connectivity index (χ3n) is 9.55. The lowest BCUT2D eigenvalue weighted by Gasteiger charge is -2.23. The van der Waals surface area contributed by atoms with Crippen LogP contribution in [0.25, 0.3) is 0 Å². The average molecular weight is 691 g/mol. The highest BCUT2D eigenvalue weighted by Gasteiger charge is 2.31. The summed E-state index contributed by atoms with van der Waals surface area (Å²) in [5, 5.41) is 0. The molecule has 2 aliphatic rings. The molecule has 0 aromatic heterocycles. The van der Waals surface area contributed by atoms with Crippen molar-refractivity contribution in [1.29, 1.82) is 0 Å². The number of hydrogen-bond donors (Lipinski definition) is 0. The Kier molecular flexibility index (Phi) is 15.2. The molecule has 0 saturated heterocycles. The molecule has 2 aromatic rings. The minimum atomic E-state index is -1.17. The molecule has 10 heteroatoms. The molecule has 2 fully saturated rings. The van der Waals surface area contributed by atoms with Gasteiger partial charge in [0.25, 0.3) is 0 Å². The van der Waals surface area contributed by atoms with Crippen LogP contribution in [0, 0.1) is 11.8 Å². The van der Waals surface area contributed by atoms with Crippen molar-refractivity contribution in [2.45, 2.75) is 129 Å². The molecule has 0 heterocycles. The van der Waals surface area contributed by atoms with Gasteiger partial charge in [0.15, 0.2) is 11.6 Å². The molecular formula is C40H50O10. The first-order valence-corrected chi connectivity index (χ1v) is 18.4. The SMILES string of the molecule is CCCCCCCC(=O)c1ccc(OC(=O)C2CCC2)c(C(=O)OOC(=O)c2cc(C(=O)CCCCCCC)ccc2OC(=O)C2CCC2)c1. The van der Waals surface area contributed by atoms with Gasteiger partial charge in [-0.15, -0.1) is 0 Å². The van der Waals surface area contributed by atoms with Crippen molar-refractivity contribution in [3.63, 3.8) is 0 Å². The van der Waals surface area contributed by atoms with E-state index in [2.05, 4.69) is 13.8 Å². The highest BCUT2D eigenvalue weighted by Crippen LogP contribution is 2.32. The van der Waals surface area contributed by atoms with E-state index in [-0.39, 0.29) is 70.0 Å². The van der Waals surface area contributed by atoms with Crippen LogP contribution in [0.15, 0.2) is 36.4 Å². The van der Waals surface area contributed by atoms with Crippen LogP contribution in [0.5, 0.6) is 11.5 Å². The van der Waals surface area contributed by atoms with Gasteiger partial charge >= 0.3 is 23.9 Å². The number of carbonyl (C=O) groups excluding carboxylic acids is 6.